The molecule has 2 heteroatoms. The molecular formula is C12H20FN. The van der Waals surface area contributed by atoms with Crippen LogP contribution in [0.1, 0.15) is 50.8 Å². The van der Waals surface area contributed by atoms with Gasteiger partial charge in [0, 0.05) is 11.9 Å². The van der Waals surface area contributed by atoms with Crippen molar-refractivity contribution in [1.29, 1.82) is 0 Å². The van der Waals surface area contributed by atoms with Crippen LogP contribution in [0.3, 0.4) is 0 Å². The van der Waals surface area contributed by atoms with Crippen LogP contribution < -0.4 is 0 Å². The van der Waals surface area contributed by atoms with Crippen molar-refractivity contribution in [3.05, 3.63) is 23.5 Å². The summed E-state index contributed by atoms with van der Waals surface area (Å²) in [4.78, 5) is 0. The van der Waals surface area contributed by atoms with Gasteiger partial charge in [-0.15, -0.1) is 0 Å². The van der Waals surface area contributed by atoms with Crippen molar-refractivity contribution in [2.24, 2.45) is 0 Å². The number of halogens is 1. The molecule has 0 aromatic carbocycles. The molecule has 0 atom stereocenters. The van der Waals surface area contributed by atoms with Crippen molar-refractivity contribution in [1.82, 2.24) is 4.57 Å². The highest BCUT2D eigenvalue weighted by Crippen LogP contribution is 2.27. The molecule has 0 unspecified atom stereocenters. The van der Waals surface area contributed by atoms with Crippen molar-refractivity contribution >= 4 is 0 Å². The summed E-state index contributed by atoms with van der Waals surface area (Å²) in [6, 6.07) is 2.12. The van der Waals surface area contributed by atoms with Crippen molar-refractivity contribution in [2.45, 2.75) is 46.1 Å². The molecule has 0 bridgehead atoms. The minimum absolute atomic E-state index is 0.286. The first-order valence-electron chi connectivity index (χ1n) is 5.32. The zero-order valence-electron chi connectivity index (χ0n) is 9.55. The first kappa shape index (κ1) is 11.3. The zero-order chi connectivity index (χ0) is 10.7. The fourth-order valence-corrected chi connectivity index (χ4v) is 1.94. The van der Waals surface area contributed by atoms with Gasteiger partial charge in [-0.2, -0.15) is 0 Å². The molecule has 0 radical (unpaired) electrons. The highest BCUT2D eigenvalue weighted by molar-refractivity contribution is 5.28. The lowest BCUT2D eigenvalue weighted by atomic mass is 9.98. The van der Waals surface area contributed by atoms with Gasteiger partial charge in [0.15, 0.2) is 0 Å². The van der Waals surface area contributed by atoms with Crippen LogP contribution in [0.5, 0.6) is 0 Å². The van der Waals surface area contributed by atoms with Gasteiger partial charge in [0.1, 0.15) is 6.67 Å². The van der Waals surface area contributed by atoms with E-state index in [-0.39, 0.29) is 6.67 Å². The zero-order valence-corrected chi connectivity index (χ0v) is 9.55. The summed E-state index contributed by atoms with van der Waals surface area (Å²) in [5.41, 5.74) is 2.64. The van der Waals surface area contributed by atoms with E-state index in [1.807, 2.05) is 10.8 Å². The Morgan fingerprint density at radius 2 is 1.86 bits per heavy atom. The number of hydrogen-bond acceptors (Lipinski definition) is 0. The Balaban J connectivity index is 3.07. The van der Waals surface area contributed by atoms with Gasteiger partial charge >= 0.3 is 0 Å². The highest BCUT2D eigenvalue weighted by atomic mass is 19.1. The first-order chi connectivity index (χ1) is 6.57. The van der Waals surface area contributed by atoms with Crippen LogP contribution in [0.25, 0.3) is 0 Å². The maximum absolute atomic E-state index is 12.3. The number of hydrogen-bond donors (Lipinski definition) is 0. The Morgan fingerprint density at radius 1 is 1.21 bits per heavy atom. The molecule has 1 aromatic heterocycles. The number of nitrogens with zero attached hydrogens (tertiary/aromatic N) is 1. The second kappa shape index (κ2) is 4.63. The van der Waals surface area contributed by atoms with Gasteiger partial charge in [0.05, 0.1) is 6.54 Å². The molecule has 0 aliphatic carbocycles. The minimum Gasteiger partial charge on any atom is -0.348 e. The smallest absolute Gasteiger partial charge is 0.107 e. The van der Waals surface area contributed by atoms with E-state index >= 15 is 0 Å². The van der Waals surface area contributed by atoms with Crippen LogP contribution in [-0.2, 0) is 6.54 Å². The van der Waals surface area contributed by atoms with Crippen molar-refractivity contribution < 1.29 is 4.39 Å². The Hall–Kier alpha value is -0.790. The van der Waals surface area contributed by atoms with Gasteiger partial charge in [-0.3, -0.25) is 0 Å². The molecule has 0 fully saturated rings. The monoisotopic (exact) mass is 197 g/mol. The standard InChI is InChI=1S/C12H20FN/c1-9(2)11-5-7-14(8-6-13)12(11)10(3)4/h5,7,9-10H,6,8H2,1-4H3. The summed E-state index contributed by atoms with van der Waals surface area (Å²) in [7, 11) is 0. The van der Waals surface area contributed by atoms with Gasteiger partial charge in [0.25, 0.3) is 0 Å². The van der Waals surface area contributed by atoms with E-state index in [9.17, 15) is 4.39 Å². The normalized spacial score (nSPS) is 11.6. The quantitative estimate of drug-likeness (QED) is 0.693. The number of alkyl halides is 1. The first-order valence-corrected chi connectivity index (χ1v) is 5.32. The Kier molecular flexibility index (Phi) is 3.73. The Labute approximate surface area is 85.9 Å². The molecule has 1 aromatic rings. The van der Waals surface area contributed by atoms with Crippen LogP contribution in [0.15, 0.2) is 12.3 Å². The largest absolute Gasteiger partial charge is 0.348 e. The maximum Gasteiger partial charge on any atom is 0.107 e. The summed E-state index contributed by atoms with van der Waals surface area (Å²) in [6.45, 7) is 8.89. The predicted octanol–water partition coefficient (Wildman–Crippen LogP) is 3.70. The SMILES string of the molecule is CC(C)c1ccn(CCF)c1C(C)C. The lowest BCUT2D eigenvalue weighted by Gasteiger charge is -2.15. The van der Waals surface area contributed by atoms with E-state index in [2.05, 4.69) is 33.8 Å². The van der Waals surface area contributed by atoms with E-state index in [0.29, 0.717) is 18.4 Å². The van der Waals surface area contributed by atoms with E-state index < -0.39 is 0 Å². The van der Waals surface area contributed by atoms with Crippen LogP contribution in [0.2, 0.25) is 0 Å². The predicted molar refractivity (Wildman–Crippen MR) is 58.6 cm³/mol. The molecule has 0 saturated carbocycles. The average molecular weight is 197 g/mol. The fraction of sp³-hybridized carbons (Fsp3) is 0.667. The van der Waals surface area contributed by atoms with Crippen molar-refractivity contribution in [2.75, 3.05) is 6.67 Å². The van der Waals surface area contributed by atoms with E-state index in [1.165, 1.54) is 11.3 Å². The van der Waals surface area contributed by atoms with Crippen LogP contribution >= 0.6 is 0 Å². The number of aryl methyl sites for hydroxylation is 1. The lowest BCUT2D eigenvalue weighted by molar-refractivity contribution is 0.437. The van der Waals surface area contributed by atoms with E-state index in [4.69, 9.17) is 0 Å². The molecular weight excluding hydrogens is 177 g/mol. The molecule has 0 spiro atoms. The van der Waals surface area contributed by atoms with Crippen molar-refractivity contribution in [3.63, 3.8) is 0 Å². The topological polar surface area (TPSA) is 4.93 Å². The third kappa shape index (κ3) is 2.17. The van der Waals surface area contributed by atoms with Gasteiger partial charge < -0.3 is 4.57 Å². The van der Waals surface area contributed by atoms with E-state index in [0.717, 1.165) is 0 Å². The molecule has 1 rings (SSSR count). The fourth-order valence-electron chi connectivity index (χ4n) is 1.94. The minimum atomic E-state index is -0.286. The third-order valence-electron chi connectivity index (χ3n) is 2.53. The molecule has 1 heterocycles. The van der Waals surface area contributed by atoms with Gasteiger partial charge in [-0.1, -0.05) is 27.7 Å². The second-order valence-electron chi connectivity index (χ2n) is 4.35. The molecule has 0 aliphatic rings. The summed E-state index contributed by atoms with van der Waals surface area (Å²) in [6.07, 6.45) is 2.00. The molecule has 0 aliphatic heterocycles. The summed E-state index contributed by atoms with van der Waals surface area (Å²) in [5, 5.41) is 0. The summed E-state index contributed by atoms with van der Waals surface area (Å²) in [5.74, 6) is 0.988. The highest BCUT2D eigenvalue weighted by Gasteiger charge is 2.14. The summed E-state index contributed by atoms with van der Waals surface area (Å²) < 4.78 is 14.4. The molecule has 0 saturated heterocycles. The summed E-state index contributed by atoms with van der Waals surface area (Å²) >= 11 is 0. The third-order valence-corrected chi connectivity index (χ3v) is 2.53. The molecule has 0 N–H and O–H groups in total. The average Bonchev–Trinajstić information content (AvgIpc) is 2.48. The molecule has 0 amide bonds. The number of aromatic nitrogens is 1. The van der Waals surface area contributed by atoms with Gasteiger partial charge in [-0.25, -0.2) is 4.39 Å². The molecule has 14 heavy (non-hydrogen) atoms. The molecule has 1 nitrogen and oxygen atoms in total. The number of rotatable bonds is 4. The Bertz CT molecular complexity index is 287. The van der Waals surface area contributed by atoms with Crippen molar-refractivity contribution in [3.8, 4) is 0 Å². The van der Waals surface area contributed by atoms with Gasteiger partial charge in [0.2, 0.25) is 0 Å². The van der Waals surface area contributed by atoms with Gasteiger partial charge in [-0.05, 0) is 23.5 Å². The molecule has 80 valence electrons. The lowest BCUT2D eigenvalue weighted by Crippen LogP contribution is -2.07. The van der Waals surface area contributed by atoms with Crippen LogP contribution in [0, 0.1) is 0 Å². The Morgan fingerprint density at radius 3 is 2.29 bits per heavy atom. The maximum atomic E-state index is 12.3. The second-order valence-corrected chi connectivity index (χ2v) is 4.35. The van der Waals surface area contributed by atoms with Crippen LogP contribution in [-0.4, -0.2) is 11.2 Å². The van der Waals surface area contributed by atoms with Crippen LogP contribution in [0.4, 0.5) is 4.39 Å². The van der Waals surface area contributed by atoms with E-state index in [1.54, 1.807) is 0 Å².